The number of hydrogen-bond acceptors (Lipinski definition) is 5. The number of rotatable bonds is 8. The molecule has 180 valence electrons. The van der Waals surface area contributed by atoms with Gasteiger partial charge in [0, 0.05) is 12.1 Å². The van der Waals surface area contributed by atoms with Crippen LogP contribution in [0.25, 0.3) is 6.08 Å². The van der Waals surface area contributed by atoms with E-state index in [2.05, 4.69) is 5.32 Å². The standard InChI is InChI=1S/C27H25FN2O5/c1-33-23-12-11-18(15-24(23)34-2)13-14-29-26(31)17-30-21-9-5-6-10-22(21)35-25(27(30)32)16-19-7-3-4-8-20(19)28/h3-12,15-16H,13-14,17H2,1-2H3,(H,29,31). The topological polar surface area (TPSA) is 77.1 Å². The van der Waals surface area contributed by atoms with Crippen LogP contribution in [-0.4, -0.2) is 39.1 Å². The maximum Gasteiger partial charge on any atom is 0.294 e. The van der Waals surface area contributed by atoms with Gasteiger partial charge >= 0.3 is 0 Å². The molecule has 0 unspecified atom stereocenters. The first-order valence-electron chi connectivity index (χ1n) is 11.0. The first-order valence-corrected chi connectivity index (χ1v) is 11.0. The van der Waals surface area contributed by atoms with Crippen molar-refractivity contribution in [2.45, 2.75) is 6.42 Å². The van der Waals surface area contributed by atoms with Gasteiger partial charge < -0.3 is 19.5 Å². The molecule has 4 rings (SSSR count). The molecule has 8 heteroatoms. The van der Waals surface area contributed by atoms with E-state index in [4.69, 9.17) is 14.2 Å². The molecular weight excluding hydrogens is 451 g/mol. The van der Waals surface area contributed by atoms with Crippen LogP contribution in [0.4, 0.5) is 10.1 Å². The Bertz CT molecular complexity index is 1270. The number of carbonyl (C=O) groups is 2. The van der Waals surface area contributed by atoms with Crippen LogP contribution in [0.1, 0.15) is 11.1 Å². The summed E-state index contributed by atoms with van der Waals surface area (Å²) in [7, 11) is 3.13. The van der Waals surface area contributed by atoms with Gasteiger partial charge in [-0.1, -0.05) is 36.4 Å². The second-order valence-electron chi connectivity index (χ2n) is 7.78. The van der Waals surface area contributed by atoms with Gasteiger partial charge in [0.2, 0.25) is 5.91 Å². The lowest BCUT2D eigenvalue weighted by atomic mass is 10.1. The zero-order valence-corrected chi connectivity index (χ0v) is 19.4. The van der Waals surface area contributed by atoms with Crippen molar-refractivity contribution in [3.05, 3.63) is 89.4 Å². The number of hydrogen-bond donors (Lipinski definition) is 1. The second-order valence-corrected chi connectivity index (χ2v) is 7.78. The molecule has 0 spiro atoms. The highest BCUT2D eigenvalue weighted by Gasteiger charge is 2.31. The summed E-state index contributed by atoms with van der Waals surface area (Å²) in [4.78, 5) is 27.2. The first-order chi connectivity index (χ1) is 17.0. The maximum atomic E-state index is 14.1. The summed E-state index contributed by atoms with van der Waals surface area (Å²) in [6, 6.07) is 18.5. The van der Waals surface area contributed by atoms with Crippen molar-refractivity contribution in [3.63, 3.8) is 0 Å². The zero-order chi connectivity index (χ0) is 24.8. The third kappa shape index (κ3) is 5.43. The third-order valence-electron chi connectivity index (χ3n) is 5.51. The van der Waals surface area contributed by atoms with Crippen molar-refractivity contribution in [3.8, 4) is 17.2 Å². The molecule has 35 heavy (non-hydrogen) atoms. The van der Waals surface area contributed by atoms with E-state index in [1.54, 1.807) is 56.7 Å². The fraction of sp³-hybridized carbons (Fsp3) is 0.185. The molecule has 1 aliphatic heterocycles. The highest BCUT2D eigenvalue weighted by atomic mass is 19.1. The molecule has 3 aromatic rings. The number of nitrogens with zero attached hydrogens (tertiary/aromatic N) is 1. The van der Waals surface area contributed by atoms with E-state index in [-0.39, 0.29) is 23.8 Å². The minimum atomic E-state index is -0.526. The van der Waals surface area contributed by atoms with Crippen LogP contribution in [0.15, 0.2) is 72.5 Å². The summed E-state index contributed by atoms with van der Waals surface area (Å²) in [5.41, 5.74) is 1.65. The average molecular weight is 477 g/mol. The number of para-hydroxylation sites is 2. The summed E-state index contributed by atoms with van der Waals surface area (Å²) in [5.74, 6) is 0.252. The van der Waals surface area contributed by atoms with E-state index in [0.29, 0.717) is 35.9 Å². The number of amides is 2. The fourth-order valence-electron chi connectivity index (χ4n) is 3.73. The van der Waals surface area contributed by atoms with Crippen molar-refractivity contribution in [1.29, 1.82) is 0 Å². The Morgan fingerprint density at radius 3 is 2.54 bits per heavy atom. The van der Waals surface area contributed by atoms with Crippen LogP contribution in [0.5, 0.6) is 17.2 Å². The molecular formula is C27H25FN2O5. The largest absolute Gasteiger partial charge is 0.493 e. The first kappa shape index (κ1) is 23.8. The van der Waals surface area contributed by atoms with Crippen LogP contribution in [-0.2, 0) is 16.0 Å². The zero-order valence-electron chi connectivity index (χ0n) is 19.4. The second kappa shape index (κ2) is 10.7. The third-order valence-corrected chi connectivity index (χ3v) is 5.51. The van der Waals surface area contributed by atoms with Crippen LogP contribution >= 0.6 is 0 Å². The molecule has 0 atom stereocenters. The van der Waals surface area contributed by atoms with Crippen LogP contribution < -0.4 is 24.4 Å². The van der Waals surface area contributed by atoms with Gasteiger partial charge in [-0.05, 0) is 48.4 Å². The van der Waals surface area contributed by atoms with Crippen molar-refractivity contribution >= 4 is 23.6 Å². The minimum Gasteiger partial charge on any atom is -0.493 e. The highest BCUT2D eigenvalue weighted by Crippen LogP contribution is 2.35. The Morgan fingerprint density at radius 2 is 1.77 bits per heavy atom. The summed E-state index contributed by atoms with van der Waals surface area (Å²) in [6.07, 6.45) is 1.91. The molecule has 0 radical (unpaired) electrons. The lowest BCUT2D eigenvalue weighted by molar-refractivity contribution is -0.123. The van der Waals surface area contributed by atoms with Crippen molar-refractivity contribution in [2.75, 3.05) is 32.2 Å². The van der Waals surface area contributed by atoms with Gasteiger partial charge in [-0.25, -0.2) is 4.39 Å². The van der Waals surface area contributed by atoms with Gasteiger partial charge in [-0.2, -0.15) is 0 Å². The Balaban J connectivity index is 1.46. The number of carbonyl (C=O) groups excluding carboxylic acids is 2. The van der Waals surface area contributed by atoms with E-state index in [0.717, 1.165) is 5.56 Å². The summed E-state index contributed by atoms with van der Waals surface area (Å²) in [6.45, 7) is 0.159. The minimum absolute atomic E-state index is 0.0630. The molecule has 1 heterocycles. The summed E-state index contributed by atoms with van der Waals surface area (Å²) >= 11 is 0. The lowest BCUT2D eigenvalue weighted by Crippen LogP contribution is -2.44. The molecule has 2 amide bonds. The van der Waals surface area contributed by atoms with E-state index < -0.39 is 11.7 Å². The van der Waals surface area contributed by atoms with Gasteiger partial charge in [-0.3, -0.25) is 14.5 Å². The number of benzene rings is 3. The monoisotopic (exact) mass is 476 g/mol. The normalized spacial score (nSPS) is 13.7. The number of nitrogens with one attached hydrogen (secondary N) is 1. The highest BCUT2D eigenvalue weighted by molar-refractivity contribution is 6.12. The van der Waals surface area contributed by atoms with E-state index in [9.17, 15) is 14.0 Å². The maximum absolute atomic E-state index is 14.1. The Kier molecular flexibility index (Phi) is 7.30. The summed E-state index contributed by atoms with van der Waals surface area (Å²) in [5, 5.41) is 2.84. The Hall–Kier alpha value is -4.33. The molecule has 0 saturated carbocycles. The van der Waals surface area contributed by atoms with Gasteiger partial charge in [0.05, 0.1) is 19.9 Å². The Labute approximate surface area is 202 Å². The van der Waals surface area contributed by atoms with Crippen LogP contribution in [0, 0.1) is 5.82 Å². The predicted octanol–water partition coefficient (Wildman–Crippen LogP) is 3.97. The van der Waals surface area contributed by atoms with E-state index in [1.807, 2.05) is 18.2 Å². The van der Waals surface area contributed by atoms with Crippen LogP contribution in [0.2, 0.25) is 0 Å². The van der Waals surface area contributed by atoms with Gasteiger partial charge in [0.25, 0.3) is 5.91 Å². The number of fused-ring (bicyclic) bond motifs is 1. The number of halogens is 1. The smallest absolute Gasteiger partial charge is 0.294 e. The molecule has 0 fully saturated rings. The van der Waals surface area contributed by atoms with Gasteiger partial charge in [-0.15, -0.1) is 0 Å². The molecule has 7 nitrogen and oxygen atoms in total. The van der Waals surface area contributed by atoms with E-state index >= 15 is 0 Å². The van der Waals surface area contributed by atoms with Gasteiger partial charge in [0.1, 0.15) is 12.4 Å². The fourth-order valence-corrected chi connectivity index (χ4v) is 3.73. The van der Waals surface area contributed by atoms with Gasteiger partial charge in [0.15, 0.2) is 23.0 Å². The predicted molar refractivity (Wildman–Crippen MR) is 130 cm³/mol. The SMILES string of the molecule is COc1ccc(CCNC(=O)CN2C(=O)C(=Cc3ccccc3F)Oc3ccccc32)cc1OC. The van der Waals surface area contributed by atoms with Crippen molar-refractivity contribution in [1.82, 2.24) is 5.32 Å². The molecule has 1 aliphatic rings. The molecule has 0 aliphatic carbocycles. The number of ether oxygens (including phenoxy) is 3. The average Bonchev–Trinajstić information content (AvgIpc) is 2.87. The summed E-state index contributed by atoms with van der Waals surface area (Å²) < 4.78 is 30.4. The molecule has 3 aromatic carbocycles. The van der Waals surface area contributed by atoms with Crippen molar-refractivity contribution < 1.29 is 28.2 Å². The van der Waals surface area contributed by atoms with E-state index in [1.165, 1.54) is 17.0 Å². The molecule has 0 saturated heterocycles. The Morgan fingerprint density at radius 1 is 1.03 bits per heavy atom. The van der Waals surface area contributed by atoms with Crippen LogP contribution in [0.3, 0.4) is 0 Å². The number of methoxy groups -OCH3 is 2. The molecule has 1 N–H and O–H groups in total. The molecule has 0 aromatic heterocycles. The number of anilines is 1. The van der Waals surface area contributed by atoms with Crippen molar-refractivity contribution in [2.24, 2.45) is 0 Å². The quantitative estimate of drug-likeness (QED) is 0.498. The lowest BCUT2D eigenvalue weighted by Gasteiger charge is -2.30. The molecule has 0 bridgehead atoms.